The predicted octanol–water partition coefficient (Wildman–Crippen LogP) is 1.42. The van der Waals surface area contributed by atoms with E-state index in [0.717, 1.165) is 12.8 Å². The van der Waals surface area contributed by atoms with Crippen LogP contribution in [0.25, 0.3) is 0 Å². The van der Waals surface area contributed by atoms with Crippen LogP contribution in [0.3, 0.4) is 0 Å². The normalized spacial score (nSPS) is 12.3. The summed E-state index contributed by atoms with van der Waals surface area (Å²) in [5.41, 5.74) is 0. The van der Waals surface area contributed by atoms with Crippen LogP contribution >= 0.6 is 0 Å². The van der Waals surface area contributed by atoms with Crippen molar-refractivity contribution in [1.29, 1.82) is 0 Å². The number of carbonyl (C=O) groups is 1. The topological polar surface area (TPSA) is 44.8 Å². The molecule has 77 valence electrons. The predicted molar refractivity (Wildman–Crippen MR) is 44.5 cm³/mol. The molecule has 0 amide bonds. The third-order valence-electron chi connectivity index (χ3n) is 1.52. The summed E-state index contributed by atoms with van der Waals surface area (Å²) in [5.74, 6) is -0.266. The standard InChI is InChI=1S/C6H11O2.2CH3O.Ti/c1-3-4-5-8-6(2)7;2*1-2;/h5H,3-4H2,1-2H3;2*1H3;/q;2*-1;+2. The van der Waals surface area contributed by atoms with E-state index in [-0.39, 0.29) is 10.4 Å². The Labute approximate surface area is 86.3 Å². The second kappa shape index (κ2) is 7.50. The molecule has 0 spiro atoms. The summed E-state index contributed by atoms with van der Waals surface area (Å²) < 4.78 is 15.3. The van der Waals surface area contributed by atoms with E-state index in [2.05, 4.69) is 0 Å². The quantitative estimate of drug-likeness (QED) is 0.506. The van der Waals surface area contributed by atoms with E-state index in [0.29, 0.717) is 0 Å². The fourth-order valence-corrected chi connectivity index (χ4v) is 3.34. The van der Waals surface area contributed by atoms with Crippen molar-refractivity contribution in [2.24, 2.45) is 0 Å². The van der Waals surface area contributed by atoms with Crippen molar-refractivity contribution in [1.82, 2.24) is 0 Å². The molecule has 0 rings (SSSR count). The van der Waals surface area contributed by atoms with Crippen LogP contribution < -0.4 is 0 Å². The number of carbonyl (C=O) groups excluding carboxylic acids is 1. The Morgan fingerprint density at radius 3 is 2.23 bits per heavy atom. The van der Waals surface area contributed by atoms with Gasteiger partial charge >= 0.3 is 86.1 Å². The third-order valence-corrected chi connectivity index (χ3v) is 4.24. The first kappa shape index (κ1) is 13.1. The van der Waals surface area contributed by atoms with Crippen LogP contribution in [0.1, 0.15) is 26.7 Å². The molecule has 0 saturated carbocycles. The first-order chi connectivity index (χ1) is 6.15. The summed E-state index contributed by atoms with van der Waals surface area (Å²) in [5, 5.41) is 0. The summed E-state index contributed by atoms with van der Waals surface area (Å²) in [6, 6.07) is 0. The molecule has 0 saturated heterocycles. The van der Waals surface area contributed by atoms with Crippen molar-refractivity contribution in [3.63, 3.8) is 0 Å². The van der Waals surface area contributed by atoms with Gasteiger partial charge in [-0.3, -0.25) is 0 Å². The molecule has 5 heteroatoms. The van der Waals surface area contributed by atoms with E-state index in [1.807, 2.05) is 6.92 Å². The number of esters is 1. The maximum atomic E-state index is 10.8. The van der Waals surface area contributed by atoms with Gasteiger partial charge in [-0.1, -0.05) is 0 Å². The molecule has 0 heterocycles. The molecule has 0 aromatic carbocycles. The van der Waals surface area contributed by atoms with Gasteiger partial charge in [0.2, 0.25) is 0 Å². The minimum absolute atomic E-state index is 0.141. The van der Waals surface area contributed by atoms with Crippen LogP contribution in [0.4, 0.5) is 0 Å². The fourth-order valence-electron chi connectivity index (χ4n) is 1.03. The van der Waals surface area contributed by atoms with Gasteiger partial charge in [-0.25, -0.2) is 0 Å². The van der Waals surface area contributed by atoms with E-state index in [9.17, 15) is 4.79 Å². The number of ether oxygens (including phenoxy) is 1. The number of rotatable bonds is 6. The Balaban J connectivity index is 4.11. The van der Waals surface area contributed by atoms with Gasteiger partial charge < -0.3 is 0 Å². The Morgan fingerprint density at radius 1 is 1.38 bits per heavy atom. The average Bonchev–Trinajstić information content (AvgIpc) is 2.05. The van der Waals surface area contributed by atoms with Crippen LogP contribution in [0.5, 0.6) is 0 Å². The number of hydrogen-bond donors (Lipinski definition) is 0. The van der Waals surface area contributed by atoms with Gasteiger partial charge in [0.15, 0.2) is 0 Å². The minimum atomic E-state index is -2.09. The monoisotopic (exact) mass is 225 g/mol. The SMILES string of the molecule is CCC[CH](OC(C)=O)[Ti]([O]C)[O]C. The van der Waals surface area contributed by atoms with Gasteiger partial charge in [0.25, 0.3) is 0 Å². The molecule has 1 atom stereocenters. The summed E-state index contributed by atoms with van der Waals surface area (Å²) in [7, 11) is 3.20. The Kier molecular flexibility index (Phi) is 7.56. The molecule has 0 aromatic heterocycles. The van der Waals surface area contributed by atoms with Crippen LogP contribution in [-0.2, 0) is 34.8 Å². The molecular formula is C8H17O4Ti. The third kappa shape index (κ3) is 5.42. The van der Waals surface area contributed by atoms with Gasteiger partial charge in [0.05, 0.1) is 0 Å². The van der Waals surface area contributed by atoms with Crippen LogP contribution in [0.15, 0.2) is 0 Å². The van der Waals surface area contributed by atoms with E-state index < -0.39 is 18.6 Å². The molecule has 0 aliphatic rings. The molecule has 0 aliphatic heterocycles. The van der Waals surface area contributed by atoms with Crippen molar-refractivity contribution in [3.05, 3.63) is 0 Å². The van der Waals surface area contributed by atoms with Crippen molar-refractivity contribution in [2.45, 2.75) is 31.1 Å². The van der Waals surface area contributed by atoms with Crippen molar-refractivity contribution in [3.8, 4) is 0 Å². The molecule has 0 bridgehead atoms. The average molecular weight is 225 g/mol. The van der Waals surface area contributed by atoms with E-state index in [1.54, 1.807) is 14.2 Å². The van der Waals surface area contributed by atoms with Crippen LogP contribution in [0.2, 0.25) is 0 Å². The van der Waals surface area contributed by atoms with E-state index in [4.69, 9.17) is 11.4 Å². The Morgan fingerprint density at radius 2 is 1.92 bits per heavy atom. The zero-order valence-electron chi connectivity index (χ0n) is 8.62. The van der Waals surface area contributed by atoms with Crippen LogP contribution in [0, 0.1) is 0 Å². The molecule has 4 nitrogen and oxygen atoms in total. The fraction of sp³-hybridized carbons (Fsp3) is 0.875. The van der Waals surface area contributed by atoms with Gasteiger partial charge in [-0.2, -0.15) is 0 Å². The molecular weight excluding hydrogens is 208 g/mol. The summed E-state index contributed by atoms with van der Waals surface area (Å²) in [4.78, 5) is 10.8. The second-order valence-corrected chi connectivity index (χ2v) is 5.89. The molecule has 1 unspecified atom stereocenters. The second-order valence-electron chi connectivity index (χ2n) is 2.61. The summed E-state index contributed by atoms with van der Waals surface area (Å²) in [6.45, 7) is 3.45. The van der Waals surface area contributed by atoms with Crippen molar-refractivity contribution in [2.75, 3.05) is 14.2 Å². The van der Waals surface area contributed by atoms with E-state index in [1.165, 1.54) is 6.92 Å². The summed E-state index contributed by atoms with van der Waals surface area (Å²) >= 11 is -2.09. The summed E-state index contributed by atoms with van der Waals surface area (Å²) in [6.07, 6.45) is 1.78. The van der Waals surface area contributed by atoms with Crippen LogP contribution in [-0.4, -0.2) is 24.6 Å². The van der Waals surface area contributed by atoms with E-state index >= 15 is 0 Å². The van der Waals surface area contributed by atoms with Crippen molar-refractivity contribution < 1.29 is 34.8 Å². The zero-order valence-corrected chi connectivity index (χ0v) is 10.2. The first-order valence-electron chi connectivity index (χ1n) is 4.27. The zero-order chi connectivity index (χ0) is 10.3. The Bertz CT molecular complexity index is 147. The molecule has 0 aliphatic carbocycles. The van der Waals surface area contributed by atoms with Gasteiger partial charge in [0, 0.05) is 0 Å². The number of hydrogen-bond acceptors (Lipinski definition) is 4. The van der Waals surface area contributed by atoms with Gasteiger partial charge in [-0.15, -0.1) is 0 Å². The first-order valence-corrected chi connectivity index (χ1v) is 6.45. The molecule has 0 N–H and O–H groups in total. The maximum absolute atomic E-state index is 10.8. The Hall–Kier alpha value is 0.104. The van der Waals surface area contributed by atoms with Gasteiger partial charge in [-0.05, 0) is 0 Å². The van der Waals surface area contributed by atoms with Gasteiger partial charge in [0.1, 0.15) is 0 Å². The molecule has 0 radical (unpaired) electrons. The molecule has 13 heavy (non-hydrogen) atoms. The molecule has 0 fully saturated rings. The van der Waals surface area contributed by atoms with Crippen molar-refractivity contribution >= 4 is 5.97 Å². The molecule has 0 aromatic rings.